The third-order valence-corrected chi connectivity index (χ3v) is 16.4. The molecule has 0 aliphatic carbocycles. The lowest BCUT2D eigenvalue weighted by Gasteiger charge is -2.41. The van der Waals surface area contributed by atoms with Crippen LogP contribution in [-0.4, -0.2) is 134 Å². The van der Waals surface area contributed by atoms with E-state index in [4.69, 9.17) is 49.9 Å². The number of para-hydroxylation sites is 2. The molecule has 24 heteroatoms. The molecular weight excluding hydrogens is 1220 g/mol. The maximum atomic E-state index is 12.7. The first-order valence-corrected chi connectivity index (χ1v) is 32.4. The molecule has 21 nitrogen and oxygen atoms in total. The Morgan fingerprint density at radius 2 is 0.978 bits per heavy atom. The second kappa shape index (κ2) is 40.3. The normalized spacial score (nSPS) is 16.4. The highest BCUT2D eigenvalue weighted by molar-refractivity contribution is 6.99. The Hall–Kier alpha value is -7.44. The van der Waals surface area contributed by atoms with Crippen molar-refractivity contribution in [1.82, 2.24) is 17.5 Å². The number of aliphatic carboxylic acids is 1. The average molecular weight is 1300 g/mol. The zero-order chi connectivity index (χ0) is 65.9. The van der Waals surface area contributed by atoms with Crippen LogP contribution in [0.3, 0.4) is 0 Å². The molecule has 7 rings (SSSR count). The van der Waals surface area contributed by atoms with Gasteiger partial charge in [0, 0.05) is 89.8 Å². The summed E-state index contributed by atoms with van der Waals surface area (Å²) in [7, 11) is 4.21. The van der Waals surface area contributed by atoms with Gasteiger partial charge >= 0.3 is 23.9 Å². The lowest BCUT2D eigenvalue weighted by molar-refractivity contribution is -0.944. The summed E-state index contributed by atoms with van der Waals surface area (Å²) in [5.74, 6) is -0.272. The van der Waals surface area contributed by atoms with E-state index in [-0.39, 0.29) is 62.0 Å². The van der Waals surface area contributed by atoms with E-state index in [1.165, 1.54) is 63.0 Å². The highest BCUT2D eigenvalue weighted by atomic mass is 35.5. The summed E-state index contributed by atoms with van der Waals surface area (Å²) in [5, 5.41) is 18.3. The number of likely N-dealkylation sites (N-methyl/N-ethyl adjacent to an activating group) is 2. The molecule has 4 unspecified atom stereocenters. The number of nitrogens with zero attached hydrogens (tertiary/aromatic N) is 6. The minimum atomic E-state index is -1.13. The van der Waals surface area contributed by atoms with Crippen molar-refractivity contribution >= 4 is 87.8 Å². The van der Waals surface area contributed by atoms with E-state index in [0.29, 0.717) is 83.4 Å². The minimum absolute atomic E-state index is 0.132. The monoisotopic (exact) mass is 1300 g/mol. The van der Waals surface area contributed by atoms with Crippen LogP contribution in [0.5, 0.6) is 23.3 Å². The van der Waals surface area contributed by atoms with Crippen LogP contribution in [0.2, 0.25) is 0 Å². The van der Waals surface area contributed by atoms with Crippen molar-refractivity contribution < 1.29 is 81.2 Å². The maximum Gasteiger partial charge on any atom is 0.310 e. The summed E-state index contributed by atoms with van der Waals surface area (Å²) < 4.78 is 53.0. The maximum absolute atomic E-state index is 12.7. The van der Waals surface area contributed by atoms with E-state index in [2.05, 4.69) is 57.6 Å². The molecule has 2 aliphatic heterocycles. The number of ether oxygens (including phenoxy) is 6. The lowest BCUT2D eigenvalue weighted by atomic mass is 10.0. The van der Waals surface area contributed by atoms with Crippen molar-refractivity contribution in [2.24, 2.45) is 0 Å². The first kappa shape index (κ1) is 75.0. The van der Waals surface area contributed by atoms with Crippen molar-refractivity contribution in [2.45, 2.75) is 163 Å². The number of hydrogen-bond acceptors (Lipinski definition) is 21. The lowest BCUT2D eigenvalue weighted by Crippen LogP contribution is -2.55. The summed E-state index contributed by atoms with van der Waals surface area (Å²) in [6, 6.07) is 21.6. The van der Waals surface area contributed by atoms with Gasteiger partial charge in [-0.25, -0.2) is 0 Å². The Morgan fingerprint density at radius 3 is 1.37 bits per heavy atom. The van der Waals surface area contributed by atoms with Crippen LogP contribution in [0.25, 0.3) is 11.1 Å². The van der Waals surface area contributed by atoms with Gasteiger partial charge in [0.1, 0.15) is 36.0 Å². The fraction of sp³-hybridized carbons (Fsp3) is 0.500. The number of rotatable bonds is 31. The highest BCUT2D eigenvalue weighted by Crippen LogP contribution is 2.34. The van der Waals surface area contributed by atoms with Gasteiger partial charge in [0.2, 0.25) is 17.7 Å². The number of carbonyl (C=O) groups excluding carboxylic acids is 7. The number of carbonyl (C=O) groups is 7. The Labute approximate surface area is 542 Å². The van der Waals surface area contributed by atoms with Crippen LogP contribution in [0.1, 0.15) is 159 Å². The summed E-state index contributed by atoms with van der Waals surface area (Å²) in [6.45, 7) is 14.9. The van der Waals surface area contributed by atoms with Crippen molar-refractivity contribution in [3.05, 3.63) is 119 Å². The molecule has 0 saturated heterocycles. The van der Waals surface area contributed by atoms with E-state index >= 15 is 0 Å². The molecule has 0 fully saturated rings. The number of carboxylic acid groups (broad SMARTS) is 2. The molecule has 490 valence electrons. The van der Waals surface area contributed by atoms with Gasteiger partial charge < -0.3 is 48.2 Å². The predicted octanol–water partition coefficient (Wildman–Crippen LogP) is 9.40. The van der Waals surface area contributed by atoms with Crippen LogP contribution in [0, 0.1) is 0 Å². The average Bonchev–Trinajstić information content (AvgIpc) is 1.47. The van der Waals surface area contributed by atoms with Crippen LogP contribution in [-0.2, 0) is 68.7 Å². The third kappa shape index (κ3) is 26.6. The van der Waals surface area contributed by atoms with Gasteiger partial charge in [-0.3, -0.25) is 32.9 Å². The molecule has 3 aromatic carbocycles. The summed E-state index contributed by atoms with van der Waals surface area (Å²) in [6.07, 6.45) is 16.4. The van der Waals surface area contributed by atoms with Crippen LogP contribution < -0.4 is 29.2 Å². The predicted molar refractivity (Wildman–Crippen MR) is 340 cm³/mol. The topological polar surface area (TPSA) is 273 Å². The summed E-state index contributed by atoms with van der Waals surface area (Å²) in [4.78, 5) is 77.4. The second-order valence-electron chi connectivity index (χ2n) is 22.3. The molecule has 0 spiro atoms. The van der Waals surface area contributed by atoms with Crippen molar-refractivity contribution in [1.29, 1.82) is 0 Å². The number of aryl methyl sites for hydroxylation is 3. The number of unbranched alkanes of at least 4 members (excludes halogenated alkanes) is 6. The standard InChI is InChI=1S/2C27H38N3O5S.C11H11ClO3.CH2O2/c2*1-5-6-7-10-18-33-27-26(28-36-29-27)23-13-11-17-30(4,19-23)20(2)34-25(32)16-15-22-12-8-9-14-24(22)35-21(3)31;12-10(13)6-5-8-3-1-2-4-9(8)7-11(14)15;2-1-3/h2*8-9,12-14,20H,5-7,10-11,15-19H2,1-4H3;1-4H,5-7H2,(H,14,15);1H,(H,2,3)/q2*+1;;/p-2. The third-order valence-electron chi connectivity index (χ3n) is 15.2. The number of benzene rings is 3. The number of esters is 4. The van der Waals surface area contributed by atoms with E-state index in [1.54, 1.807) is 48.5 Å². The van der Waals surface area contributed by atoms with E-state index in [0.717, 1.165) is 90.8 Å². The van der Waals surface area contributed by atoms with Crippen molar-refractivity contribution in [2.75, 3.05) is 53.5 Å². The Bertz CT molecular complexity index is 2990. The van der Waals surface area contributed by atoms with Crippen molar-refractivity contribution in [3.63, 3.8) is 0 Å². The van der Waals surface area contributed by atoms with Crippen molar-refractivity contribution in [3.8, 4) is 23.3 Å². The quantitative estimate of drug-likeness (QED) is 0.00997. The number of carboxylic acids is 1. The van der Waals surface area contributed by atoms with E-state index in [9.17, 15) is 33.9 Å². The second-order valence-corrected chi connectivity index (χ2v) is 23.7. The summed E-state index contributed by atoms with van der Waals surface area (Å²) in [5.41, 5.74) is 6.89. The molecule has 0 saturated carbocycles. The van der Waals surface area contributed by atoms with Gasteiger partial charge in [-0.1, -0.05) is 125 Å². The van der Waals surface area contributed by atoms with E-state index in [1.807, 2.05) is 38.1 Å². The molecular formula is C66H87ClN6O15S2. The first-order valence-electron chi connectivity index (χ1n) is 30.6. The molecule has 2 aromatic heterocycles. The van der Waals surface area contributed by atoms with Gasteiger partial charge in [-0.15, -0.1) is 8.75 Å². The first-order chi connectivity index (χ1) is 43.1. The van der Waals surface area contributed by atoms with Crippen LogP contribution in [0.4, 0.5) is 0 Å². The Morgan fingerprint density at radius 1 is 0.589 bits per heavy atom. The van der Waals surface area contributed by atoms with Gasteiger partial charge in [0.25, 0.3) is 11.8 Å². The van der Waals surface area contributed by atoms with E-state index < -0.39 is 17.7 Å². The fourth-order valence-electron chi connectivity index (χ4n) is 9.95. The highest BCUT2D eigenvalue weighted by Gasteiger charge is 2.38. The zero-order valence-electron chi connectivity index (χ0n) is 53.1. The number of quaternary nitrogens is 2. The number of halogens is 1. The smallest absolute Gasteiger partial charge is 0.310 e. The zero-order valence-corrected chi connectivity index (χ0v) is 55.5. The minimum Gasteiger partial charge on any atom is -0.554 e. The van der Waals surface area contributed by atoms with Gasteiger partial charge in [-0.2, -0.15) is 8.75 Å². The molecule has 0 amide bonds. The Kier molecular flexibility index (Phi) is 33.6. The molecule has 0 bridgehead atoms. The van der Waals surface area contributed by atoms with Gasteiger partial charge in [0.05, 0.1) is 63.9 Å². The molecule has 5 aromatic rings. The molecule has 2 aliphatic rings. The summed E-state index contributed by atoms with van der Waals surface area (Å²) >= 11 is 7.55. The largest absolute Gasteiger partial charge is 0.554 e. The van der Waals surface area contributed by atoms with Crippen LogP contribution in [0.15, 0.2) is 84.9 Å². The van der Waals surface area contributed by atoms with Gasteiger partial charge in [0.15, 0.2) is 0 Å². The number of aromatic nitrogens is 4. The molecule has 4 heterocycles. The van der Waals surface area contributed by atoms with Crippen LogP contribution >= 0.6 is 35.1 Å². The Balaban J connectivity index is 0.000000303. The molecule has 0 N–H and O–H groups in total. The molecule has 0 radical (unpaired) electrons. The van der Waals surface area contributed by atoms with Gasteiger partial charge in [-0.05, 0) is 78.1 Å². The SMILES string of the molecule is CCCCCCOc1nsnc1C1=CCC[N+](C)(C(C)OC(=O)CCc2ccccc2OC(C)=O)C1.CCCCCCOc1nsnc1C1=CCC[N+](C)(C(C)OC(=O)CCc2ccccc2OC(C)=O)C1.O=C([O-])Cc1ccccc1CCC(=O)Cl.O=C[O-]. The fourth-order valence-corrected chi connectivity index (χ4v) is 11.1. The molecule has 90 heavy (non-hydrogen) atoms. The number of hydrogen-bond donors (Lipinski definition) is 0. The molecule has 4 atom stereocenters.